The standard InChI is InChI=1S/C25H28N8O2/c1-32(22-6-4-5-21-19(22)16-28-31-21)24-20(23(26)34)15-27-25(30-24)29-17-7-9-18(10-8-17)35-14-13-33-11-2-3-12-33/h4-10,15-16H,2-3,11-14H2,1H3,(H2,26,34)(H,28,31)(H,27,29,30). The number of carbonyl (C=O) groups is 1. The molecule has 1 aliphatic heterocycles. The van der Waals surface area contributed by atoms with Gasteiger partial charge in [-0.2, -0.15) is 10.1 Å². The molecule has 4 aromatic rings. The Bertz CT molecular complexity index is 1310. The summed E-state index contributed by atoms with van der Waals surface area (Å²) in [5.41, 5.74) is 8.36. The highest BCUT2D eigenvalue weighted by Crippen LogP contribution is 2.31. The molecule has 1 aliphatic rings. The van der Waals surface area contributed by atoms with Gasteiger partial charge in [-0.05, 0) is 62.3 Å². The van der Waals surface area contributed by atoms with Crippen LogP contribution in [-0.2, 0) is 0 Å². The van der Waals surface area contributed by atoms with Crippen LogP contribution in [0.2, 0.25) is 0 Å². The molecule has 3 heterocycles. The molecule has 2 aromatic carbocycles. The Morgan fingerprint density at radius 3 is 2.74 bits per heavy atom. The van der Waals surface area contributed by atoms with Crippen LogP contribution < -0.4 is 20.7 Å². The van der Waals surface area contributed by atoms with Crippen molar-refractivity contribution in [2.75, 3.05) is 43.5 Å². The van der Waals surface area contributed by atoms with Gasteiger partial charge in [-0.1, -0.05) is 6.07 Å². The van der Waals surface area contributed by atoms with Crippen LogP contribution in [-0.4, -0.2) is 64.3 Å². The number of fused-ring (bicyclic) bond motifs is 1. The zero-order valence-corrected chi connectivity index (χ0v) is 19.6. The van der Waals surface area contributed by atoms with E-state index in [1.807, 2.05) is 54.4 Å². The number of primary amides is 1. The average molecular weight is 473 g/mol. The highest BCUT2D eigenvalue weighted by Gasteiger charge is 2.19. The summed E-state index contributed by atoms with van der Waals surface area (Å²) < 4.78 is 5.88. The van der Waals surface area contributed by atoms with E-state index in [0.717, 1.165) is 47.7 Å². The molecule has 0 aliphatic carbocycles. The number of nitrogens with zero attached hydrogens (tertiary/aromatic N) is 5. The molecule has 4 N–H and O–H groups in total. The van der Waals surface area contributed by atoms with Gasteiger partial charge >= 0.3 is 0 Å². The summed E-state index contributed by atoms with van der Waals surface area (Å²) in [6.07, 6.45) is 5.73. The third kappa shape index (κ3) is 5.02. The number of benzene rings is 2. The molecule has 2 aromatic heterocycles. The van der Waals surface area contributed by atoms with E-state index in [1.54, 1.807) is 6.20 Å². The molecular weight excluding hydrogens is 444 g/mol. The van der Waals surface area contributed by atoms with Gasteiger partial charge in [0, 0.05) is 30.9 Å². The fraction of sp³-hybridized carbons (Fsp3) is 0.280. The van der Waals surface area contributed by atoms with Crippen molar-refractivity contribution in [3.63, 3.8) is 0 Å². The minimum absolute atomic E-state index is 0.222. The van der Waals surface area contributed by atoms with Crippen LogP contribution in [0.4, 0.5) is 23.1 Å². The lowest BCUT2D eigenvalue weighted by Crippen LogP contribution is -2.25. The number of hydrogen-bond donors (Lipinski definition) is 3. The van der Waals surface area contributed by atoms with Gasteiger partial charge in [0.05, 0.1) is 17.4 Å². The zero-order valence-electron chi connectivity index (χ0n) is 19.6. The van der Waals surface area contributed by atoms with E-state index in [0.29, 0.717) is 18.4 Å². The summed E-state index contributed by atoms with van der Waals surface area (Å²) in [6.45, 7) is 3.94. The maximum Gasteiger partial charge on any atom is 0.254 e. The Hall–Kier alpha value is -4.18. The summed E-state index contributed by atoms with van der Waals surface area (Å²) >= 11 is 0. The third-order valence-corrected chi connectivity index (χ3v) is 6.16. The molecule has 10 nitrogen and oxygen atoms in total. The molecule has 0 saturated carbocycles. The third-order valence-electron chi connectivity index (χ3n) is 6.16. The van der Waals surface area contributed by atoms with Crippen molar-refractivity contribution in [1.82, 2.24) is 25.1 Å². The minimum Gasteiger partial charge on any atom is -0.492 e. The second kappa shape index (κ2) is 9.98. The Labute approximate surface area is 203 Å². The predicted molar refractivity (Wildman–Crippen MR) is 136 cm³/mol. The number of H-pyrrole nitrogens is 1. The van der Waals surface area contributed by atoms with Crippen LogP contribution in [0.15, 0.2) is 54.9 Å². The number of hydrogen-bond acceptors (Lipinski definition) is 8. The number of carbonyl (C=O) groups excluding carboxylic acids is 1. The first-order valence-electron chi connectivity index (χ1n) is 11.6. The van der Waals surface area contributed by atoms with E-state index in [9.17, 15) is 4.79 Å². The lowest BCUT2D eigenvalue weighted by Gasteiger charge is -2.21. The Balaban J connectivity index is 1.32. The molecule has 1 amide bonds. The van der Waals surface area contributed by atoms with Gasteiger partial charge in [-0.3, -0.25) is 14.8 Å². The number of aromatic nitrogens is 4. The molecule has 10 heteroatoms. The number of nitrogens with two attached hydrogens (primary N) is 1. The minimum atomic E-state index is -0.604. The number of amides is 1. The molecule has 0 bridgehead atoms. The molecule has 0 radical (unpaired) electrons. The van der Waals surface area contributed by atoms with E-state index in [-0.39, 0.29) is 5.56 Å². The predicted octanol–water partition coefficient (Wildman–Crippen LogP) is 3.44. The Kier molecular flexibility index (Phi) is 6.44. The maximum atomic E-state index is 12.1. The summed E-state index contributed by atoms with van der Waals surface area (Å²) in [4.78, 5) is 25.2. The molecule has 180 valence electrons. The highest BCUT2D eigenvalue weighted by atomic mass is 16.5. The van der Waals surface area contributed by atoms with Crippen LogP contribution in [0.25, 0.3) is 10.9 Å². The van der Waals surface area contributed by atoms with Crippen molar-refractivity contribution >= 4 is 40.0 Å². The number of anilines is 4. The molecule has 5 rings (SSSR count). The molecule has 0 unspecified atom stereocenters. The first-order chi connectivity index (χ1) is 17.1. The Morgan fingerprint density at radius 2 is 1.97 bits per heavy atom. The number of nitrogens with one attached hydrogen (secondary N) is 2. The summed E-state index contributed by atoms with van der Waals surface area (Å²) in [5, 5.41) is 11.2. The first-order valence-corrected chi connectivity index (χ1v) is 11.6. The van der Waals surface area contributed by atoms with Gasteiger partial charge in [0.15, 0.2) is 5.82 Å². The average Bonchev–Trinajstić information content (AvgIpc) is 3.56. The van der Waals surface area contributed by atoms with Crippen molar-refractivity contribution in [2.45, 2.75) is 12.8 Å². The van der Waals surface area contributed by atoms with Gasteiger partial charge in [0.1, 0.15) is 17.9 Å². The van der Waals surface area contributed by atoms with Crippen LogP contribution in [0.5, 0.6) is 5.75 Å². The lowest BCUT2D eigenvalue weighted by atomic mass is 10.2. The molecule has 0 atom stereocenters. The zero-order chi connectivity index (χ0) is 24.2. The fourth-order valence-corrected chi connectivity index (χ4v) is 4.28. The summed E-state index contributed by atoms with van der Waals surface area (Å²) in [7, 11) is 1.83. The molecule has 35 heavy (non-hydrogen) atoms. The Morgan fingerprint density at radius 1 is 1.17 bits per heavy atom. The summed E-state index contributed by atoms with van der Waals surface area (Å²) in [5.74, 6) is 0.950. The van der Waals surface area contributed by atoms with E-state index in [4.69, 9.17) is 10.5 Å². The van der Waals surface area contributed by atoms with Crippen molar-refractivity contribution in [3.05, 3.63) is 60.4 Å². The van der Waals surface area contributed by atoms with E-state index in [1.165, 1.54) is 19.0 Å². The molecule has 1 fully saturated rings. The lowest BCUT2D eigenvalue weighted by molar-refractivity contribution is 0.1000. The quantitative estimate of drug-likeness (QED) is 0.338. The number of aromatic amines is 1. The van der Waals surface area contributed by atoms with Crippen LogP contribution in [0, 0.1) is 0 Å². The van der Waals surface area contributed by atoms with Crippen LogP contribution in [0.1, 0.15) is 23.2 Å². The van der Waals surface area contributed by atoms with E-state index >= 15 is 0 Å². The van der Waals surface area contributed by atoms with Gasteiger partial charge < -0.3 is 20.7 Å². The van der Waals surface area contributed by atoms with Crippen LogP contribution >= 0.6 is 0 Å². The molecular formula is C25H28N8O2. The van der Waals surface area contributed by atoms with Crippen molar-refractivity contribution in [2.24, 2.45) is 5.73 Å². The maximum absolute atomic E-state index is 12.1. The van der Waals surface area contributed by atoms with Gasteiger partial charge in [0.2, 0.25) is 5.95 Å². The first kappa shape index (κ1) is 22.6. The largest absolute Gasteiger partial charge is 0.492 e. The van der Waals surface area contributed by atoms with E-state index < -0.39 is 5.91 Å². The SMILES string of the molecule is CN(c1nc(Nc2ccc(OCCN3CCCC3)cc2)ncc1C(N)=O)c1cccc2[nH]ncc12. The van der Waals surface area contributed by atoms with Crippen LogP contribution in [0.3, 0.4) is 0 Å². The van der Waals surface area contributed by atoms with Gasteiger partial charge in [-0.25, -0.2) is 4.98 Å². The topological polar surface area (TPSA) is 125 Å². The normalized spacial score (nSPS) is 13.7. The molecule has 0 spiro atoms. The fourth-order valence-electron chi connectivity index (χ4n) is 4.28. The highest BCUT2D eigenvalue weighted by molar-refractivity contribution is 6.00. The molecule has 1 saturated heterocycles. The second-order valence-electron chi connectivity index (χ2n) is 8.51. The van der Waals surface area contributed by atoms with Crippen molar-refractivity contribution < 1.29 is 9.53 Å². The smallest absolute Gasteiger partial charge is 0.254 e. The van der Waals surface area contributed by atoms with Crippen molar-refractivity contribution in [1.29, 1.82) is 0 Å². The monoisotopic (exact) mass is 472 g/mol. The summed E-state index contributed by atoms with van der Waals surface area (Å²) in [6, 6.07) is 13.4. The van der Waals surface area contributed by atoms with Crippen molar-refractivity contribution in [3.8, 4) is 5.75 Å². The number of rotatable bonds is 9. The van der Waals surface area contributed by atoms with Gasteiger partial charge in [0.25, 0.3) is 5.91 Å². The van der Waals surface area contributed by atoms with E-state index in [2.05, 4.69) is 30.4 Å². The second-order valence-corrected chi connectivity index (χ2v) is 8.51. The number of ether oxygens (including phenoxy) is 1. The number of likely N-dealkylation sites (tertiary alicyclic amines) is 1. The van der Waals surface area contributed by atoms with Gasteiger partial charge in [-0.15, -0.1) is 0 Å².